The number of nitrogens with one attached hydrogen (secondary N) is 1. The van der Waals surface area contributed by atoms with Crippen LogP contribution in [0.4, 0.5) is 11.5 Å². The fraction of sp³-hybridized carbons (Fsp3) is 0.273. The monoisotopic (exact) mass is 387 g/mol. The van der Waals surface area contributed by atoms with Gasteiger partial charge in [0.1, 0.15) is 5.82 Å². The van der Waals surface area contributed by atoms with Crippen LogP contribution in [-0.4, -0.2) is 58.8 Å². The maximum Gasteiger partial charge on any atom is 0.132 e. The third kappa shape index (κ3) is 3.95. The molecule has 0 radical (unpaired) electrons. The van der Waals surface area contributed by atoms with Crippen LogP contribution in [0, 0.1) is 12.3 Å². The molecule has 3 aromatic heterocycles. The summed E-state index contributed by atoms with van der Waals surface area (Å²) >= 11 is 0. The highest BCUT2D eigenvalue weighted by Crippen LogP contribution is 2.25. The average Bonchev–Trinajstić information content (AvgIpc) is 2.75. The Balaban J connectivity index is 1.67. The summed E-state index contributed by atoms with van der Waals surface area (Å²) in [4.78, 5) is 18.0. The number of hydrogen-bond acceptors (Lipinski definition) is 7. The predicted octanol–water partition coefficient (Wildman–Crippen LogP) is 2.60. The number of nitrogens with two attached hydrogens (primary N) is 1. The minimum atomic E-state index is 0.297. The Morgan fingerprint density at radius 3 is 2.62 bits per heavy atom. The molecule has 0 aromatic carbocycles. The first-order valence-corrected chi connectivity index (χ1v) is 9.69. The van der Waals surface area contributed by atoms with E-state index in [1.54, 1.807) is 18.6 Å². The van der Waals surface area contributed by atoms with Crippen LogP contribution in [0.15, 0.2) is 48.9 Å². The minimum Gasteiger partial charge on any atom is -0.397 e. The Kier molecular flexibility index (Phi) is 5.22. The second-order valence-corrected chi connectivity index (χ2v) is 7.40. The van der Waals surface area contributed by atoms with Crippen LogP contribution in [-0.2, 0) is 0 Å². The summed E-state index contributed by atoms with van der Waals surface area (Å²) in [5.74, 6) is 0.945. The minimum absolute atomic E-state index is 0.297. The molecule has 4 heterocycles. The molecule has 0 amide bonds. The van der Waals surface area contributed by atoms with E-state index in [9.17, 15) is 0 Å². The first-order valence-electron chi connectivity index (χ1n) is 9.69. The topological polar surface area (TPSA) is 95.0 Å². The normalized spacial score (nSPS) is 14.8. The highest BCUT2D eigenvalue weighted by Gasteiger charge is 2.19. The standard InChI is InChI=1S/C22H25N7/c1-15-5-6-19(27-22(15)29-10-8-28(2)9-11-29)21(24)17-12-20(26-14-18(17)23)16-4-3-7-25-13-16/h3-7,12-14,24H,8-11,23H2,1-2H3. The third-order valence-corrected chi connectivity index (χ3v) is 5.29. The number of nitrogens with zero attached hydrogens (tertiary/aromatic N) is 5. The SMILES string of the molecule is Cc1ccc(C(=N)c2cc(-c3cccnc3)ncc2N)nc1N1CCN(C)CC1. The molecule has 0 aliphatic carbocycles. The molecular formula is C22H25N7. The average molecular weight is 387 g/mol. The van der Waals surface area contributed by atoms with Gasteiger partial charge in [0.05, 0.1) is 29.0 Å². The molecule has 3 aromatic rings. The van der Waals surface area contributed by atoms with Gasteiger partial charge in [-0.2, -0.15) is 0 Å². The van der Waals surface area contributed by atoms with Gasteiger partial charge in [-0.25, -0.2) is 4.98 Å². The molecular weight excluding hydrogens is 362 g/mol. The maximum absolute atomic E-state index is 8.77. The van der Waals surface area contributed by atoms with Crippen LogP contribution in [0.5, 0.6) is 0 Å². The van der Waals surface area contributed by atoms with Crippen molar-refractivity contribution in [1.82, 2.24) is 19.9 Å². The molecule has 0 saturated carbocycles. The fourth-order valence-electron chi connectivity index (χ4n) is 3.49. The number of pyridine rings is 3. The lowest BCUT2D eigenvalue weighted by atomic mass is 10.0. The Labute approximate surface area is 170 Å². The van der Waals surface area contributed by atoms with Gasteiger partial charge >= 0.3 is 0 Å². The van der Waals surface area contributed by atoms with Gasteiger partial charge < -0.3 is 15.5 Å². The lowest BCUT2D eigenvalue weighted by Crippen LogP contribution is -2.45. The third-order valence-electron chi connectivity index (χ3n) is 5.29. The van der Waals surface area contributed by atoms with Gasteiger partial charge in [0.15, 0.2) is 0 Å². The molecule has 4 rings (SSSR count). The smallest absolute Gasteiger partial charge is 0.132 e. The van der Waals surface area contributed by atoms with Gasteiger partial charge in [-0.15, -0.1) is 0 Å². The zero-order valence-corrected chi connectivity index (χ0v) is 16.8. The van der Waals surface area contributed by atoms with E-state index in [0.717, 1.165) is 48.8 Å². The van der Waals surface area contributed by atoms with Gasteiger partial charge in [0.25, 0.3) is 0 Å². The summed E-state index contributed by atoms with van der Waals surface area (Å²) in [6, 6.07) is 9.56. The van der Waals surface area contributed by atoms with Crippen molar-refractivity contribution in [3.8, 4) is 11.3 Å². The number of aromatic nitrogens is 3. The number of nitrogen functional groups attached to an aromatic ring is 1. The number of rotatable bonds is 4. The van der Waals surface area contributed by atoms with E-state index < -0.39 is 0 Å². The Morgan fingerprint density at radius 2 is 1.90 bits per heavy atom. The van der Waals surface area contributed by atoms with Crippen LogP contribution in [0.2, 0.25) is 0 Å². The van der Waals surface area contributed by atoms with E-state index in [0.29, 0.717) is 22.7 Å². The Bertz CT molecular complexity index is 1020. The molecule has 1 aliphatic rings. The molecule has 1 fully saturated rings. The highest BCUT2D eigenvalue weighted by atomic mass is 15.3. The second-order valence-electron chi connectivity index (χ2n) is 7.40. The lowest BCUT2D eigenvalue weighted by Gasteiger charge is -2.34. The van der Waals surface area contributed by atoms with Crippen molar-refractivity contribution in [3.63, 3.8) is 0 Å². The molecule has 1 aliphatic heterocycles. The maximum atomic E-state index is 8.77. The van der Waals surface area contributed by atoms with Crippen molar-refractivity contribution in [2.24, 2.45) is 0 Å². The first kappa shape index (κ1) is 19.0. The summed E-state index contributed by atoms with van der Waals surface area (Å²) in [6.45, 7) is 5.95. The van der Waals surface area contributed by atoms with Crippen molar-refractivity contribution in [2.45, 2.75) is 6.92 Å². The zero-order chi connectivity index (χ0) is 20.4. The molecule has 0 bridgehead atoms. The molecule has 29 heavy (non-hydrogen) atoms. The first-order chi connectivity index (χ1) is 14.0. The summed E-state index contributed by atoms with van der Waals surface area (Å²) in [5.41, 5.74) is 10.9. The second kappa shape index (κ2) is 7.97. The van der Waals surface area contributed by atoms with E-state index >= 15 is 0 Å². The summed E-state index contributed by atoms with van der Waals surface area (Å²) in [6.07, 6.45) is 5.07. The number of piperazine rings is 1. The van der Waals surface area contributed by atoms with E-state index in [2.05, 4.69) is 33.7 Å². The van der Waals surface area contributed by atoms with E-state index in [1.165, 1.54) is 0 Å². The van der Waals surface area contributed by atoms with Gasteiger partial charge in [-0.05, 0) is 43.8 Å². The van der Waals surface area contributed by atoms with Gasteiger partial charge in [-0.3, -0.25) is 15.4 Å². The van der Waals surface area contributed by atoms with Gasteiger partial charge in [0.2, 0.25) is 0 Å². The predicted molar refractivity (Wildman–Crippen MR) is 116 cm³/mol. The molecule has 7 nitrogen and oxygen atoms in total. The van der Waals surface area contributed by atoms with E-state index in [-0.39, 0.29) is 0 Å². The zero-order valence-electron chi connectivity index (χ0n) is 16.8. The van der Waals surface area contributed by atoms with Crippen LogP contribution < -0.4 is 10.6 Å². The highest BCUT2D eigenvalue weighted by molar-refractivity contribution is 6.13. The van der Waals surface area contributed by atoms with Crippen LogP contribution in [0.25, 0.3) is 11.3 Å². The molecule has 148 valence electrons. The summed E-state index contributed by atoms with van der Waals surface area (Å²) in [5, 5.41) is 8.77. The van der Waals surface area contributed by atoms with Crippen LogP contribution in [0.1, 0.15) is 16.8 Å². The van der Waals surface area contributed by atoms with Crippen molar-refractivity contribution >= 4 is 17.2 Å². The van der Waals surface area contributed by atoms with Crippen molar-refractivity contribution in [2.75, 3.05) is 43.9 Å². The lowest BCUT2D eigenvalue weighted by molar-refractivity contribution is 0.312. The molecule has 7 heteroatoms. The van der Waals surface area contributed by atoms with E-state index in [4.69, 9.17) is 16.1 Å². The number of hydrogen-bond donors (Lipinski definition) is 2. The largest absolute Gasteiger partial charge is 0.397 e. The Morgan fingerprint density at radius 1 is 1.10 bits per heavy atom. The number of aryl methyl sites for hydroxylation is 1. The summed E-state index contributed by atoms with van der Waals surface area (Å²) in [7, 11) is 2.13. The Hall–Kier alpha value is -3.32. The molecule has 0 unspecified atom stereocenters. The van der Waals surface area contributed by atoms with E-state index in [1.807, 2.05) is 30.3 Å². The fourth-order valence-corrected chi connectivity index (χ4v) is 3.49. The van der Waals surface area contributed by atoms with Crippen LogP contribution >= 0.6 is 0 Å². The summed E-state index contributed by atoms with van der Waals surface area (Å²) < 4.78 is 0. The van der Waals surface area contributed by atoms with Crippen LogP contribution in [0.3, 0.4) is 0 Å². The molecule has 1 saturated heterocycles. The van der Waals surface area contributed by atoms with Gasteiger partial charge in [0, 0.05) is 49.7 Å². The van der Waals surface area contributed by atoms with Crippen molar-refractivity contribution in [1.29, 1.82) is 5.41 Å². The quantitative estimate of drug-likeness (QED) is 0.668. The number of anilines is 2. The van der Waals surface area contributed by atoms with Gasteiger partial charge in [-0.1, -0.05) is 6.07 Å². The van der Waals surface area contributed by atoms with Crippen molar-refractivity contribution in [3.05, 3.63) is 65.7 Å². The molecule has 0 atom stereocenters. The molecule has 3 N–H and O–H groups in total. The van der Waals surface area contributed by atoms with Crippen molar-refractivity contribution < 1.29 is 0 Å². The molecule has 0 spiro atoms. The number of likely N-dealkylation sites (N-methyl/N-ethyl adjacent to an activating group) is 1.